The highest BCUT2D eigenvalue weighted by Crippen LogP contribution is 2.41. The third-order valence-electron chi connectivity index (χ3n) is 4.30. The van der Waals surface area contributed by atoms with E-state index in [2.05, 4.69) is 20.3 Å². The van der Waals surface area contributed by atoms with Crippen molar-refractivity contribution in [3.63, 3.8) is 0 Å². The van der Waals surface area contributed by atoms with Gasteiger partial charge in [0.25, 0.3) is 0 Å². The van der Waals surface area contributed by atoms with Gasteiger partial charge in [0.05, 0.1) is 17.6 Å². The molecule has 0 amide bonds. The lowest BCUT2D eigenvalue weighted by atomic mass is 9.91. The molecule has 1 aromatic rings. The molecule has 4 nitrogen and oxygen atoms in total. The number of methoxy groups -OCH3 is 1. The number of ether oxygens (including phenoxy) is 1. The molecule has 0 aliphatic heterocycles. The van der Waals surface area contributed by atoms with Gasteiger partial charge < -0.3 is 4.74 Å². The minimum atomic E-state index is -1.34. The third kappa shape index (κ3) is 6.33. The van der Waals surface area contributed by atoms with Gasteiger partial charge in [0.1, 0.15) is 11.0 Å². The summed E-state index contributed by atoms with van der Waals surface area (Å²) < 4.78 is 22.6. The van der Waals surface area contributed by atoms with Crippen molar-refractivity contribution < 1.29 is 13.7 Å². The average Bonchev–Trinajstić information content (AvgIpc) is 3.37. The van der Waals surface area contributed by atoms with Gasteiger partial charge in [-0.1, -0.05) is 28.1 Å². The first-order chi connectivity index (χ1) is 11.7. The molecule has 0 spiro atoms. The average molecular weight is 428 g/mol. The number of hydrogen-bond acceptors (Lipinski definition) is 3. The van der Waals surface area contributed by atoms with Crippen LogP contribution in [0.15, 0.2) is 33.1 Å². The number of hydrogen-bond donors (Lipinski definition) is 0. The van der Waals surface area contributed by atoms with Gasteiger partial charge in [-0.2, -0.15) is 4.40 Å². The molecule has 1 aliphatic rings. The van der Waals surface area contributed by atoms with Crippen LogP contribution in [0.4, 0.5) is 0 Å². The minimum absolute atomic E-state index is 0.187. The predicted octanol–water partition coefficient (Wildman–Crippen LogP) is 4.68. The van der Waals surface area contributed by atoms with E-state index in [1.165, 1.54) is 7.11 Å². The van der Waals surface area contributed by atoms with E-state index in [0.717, 1.165) is 28.6 Å². The molecule has 6 heteroatoms. The number of rotatable bonds is 7. The van der Waals surface area contributed by atoms with Crippen molar-refractivity contribution in [3.8, 4) is 0 Å². The van der Waals surface area contributed by atoms with Crippen LogP contribution in [0, 0.1) is 11.8 Å². The Balaban J connectivity index is 2.30. The second-order valence-electron chi connectivity index (χ2n) is 7.49. The zero-order valence-electron chi connectivity index (χ0n) is 15.3. The highest BCUT2D eigenvalue weighted by atomic mass is 79.9. The number of benzene rings is 1. The third-order valence-corrected chi connectivity index (χ3v) is 6.26. The predicted molar refractivity (Wildman–Crippen MR) is 106 cm³/mol. The van der Waals surface area contributed by atoms with E-state index in [4.69, 9.17) is 4.74 Å². The highest BCUT2D eigenvalue weighted by molar-refractivity contribution is 9.10. The van der Waals surface area contributed by atoms with Crippen LogP contribution < -0.4 is 0 Å². The molecule has 0 bridgehead atoms. The van der Waals surface area contributed by atoms with E-state index in [9.17, 15) is 9.00 Å². The Morgan fingerprint density at radius 2 is 1.88 bits per heavy atom. The quantitative estimate of drug-likeness (QED) is 0.468. The number of carbonyl (C=O) groups is 1. The zero-order valence-corrected chi connectivity index (χ0v) is 17.7. The van der Waals surface area contributed by atoms with Gasteiger partial charge >= 0.3 is 5.97 Å². The Labute approximate surface area is 161 Å². The first kappa shape index (κ1) is 20.3. The zero-order chi connectivity index (χ0) is 18.6. The SMILES string of the molecule is COC(=O)C[C@H](C/C(=N/[S@@](=O)C(C)(C)C)c1ccc(Br)cc1)C1CC1. The fourth-order valence-corrected chi connectivity index (χ4v) is 3.52. The van der Waals surface area contributed by atoms with E-state index in [1.54, 1.807) is 0 Å². The summed E-state index contributed by atoms with van der Waals surface area (Å²) in [5.74, 6) is 0.527. The van der Waals surface area contributed by atoms with Crippen molar-refractivity contribution in [2.45, 2.75) is 51.2 Å². The van der Waals surface area contributed by atoms with E-state index in [-0.39, 0.29) is 11.9 Å². The van der Waals surface area contributed by atoms with Crippen LogP contribution in [0.25, 0.3) is 0 Å². The van der Waals surface area contributed by atoms with E-state index < -0.39 is 15.7 Å². The lowest BCUT2D eigenvalue weighted by Gasteiger charge is -2.19. The maximum absolute atomic E-state index is 12.6. The Hall–Kier alpha value is -1.01. The Bertz CT molecular complexity index is 660. The molecule has 1 saturated carbocycles. The molecule has 138 valence electrons. The van der Waals surface area contributed by atoms with E-state index in [0.29, 0.717) is 18.8 Å². The summed E-state index contributed by atoms with van der Waals surface area (Å²) in [6, 6.07) is 7.87. The fourth-order valence-electron chi connectivity index (χ4n) is 2.61. The molecule has 0 saturated heterocycles. The van der Waals surface area contributed by atoms with Gasteiger partial charge in [0.15, 0.2) is 0 Å². The molecule has 0 aromatic heterocycles. The Kier molecular flexibility index (Phi) is 6.97. The van der Waals surface area contributed by atoms with Crippen LogP contribution in [-0.2, 0) is 20.5 Å². The summed E-state index contributed by atoms with van der Waals surface area (Å²) in [6.45, 7) is 5.75. The van der Waals surface area contributed by atoms with Gasteiger partial charge in [-0.25, -0.2) is 4.21 Å². The summed E-state index contributed by atoms with van der Waals surface area (Å²) in [7, 11) is 0.0844. The summed E-state index contributed by atoms with van der Waals surface area (Å²) in [6.07, 6.45) is 3.30. The number of halogens is 1. The van der Waals surface area contributed by atoms with Crippen molar-refractivity contribution in [3.05, 3.63) is 34.3 Å². The fraction of sp³-hybridized carbons (Fsp3) is 0.579. The second-order valence-corrected chi connectivity index (χ2v) is 10.3. The molecule has 0 N–H and O–H groups in total. The van der Waals surface area contributed by atoms with Crippen LogP contribution in [-0.4, -0.2) is 27.7 Å². The van der Waals surface area contributed by atoms with Gasteiger partial charge in [-0.05, 0) is 69.6 Å². The van der Waals surface area contributed by atoms with Crippen molar-refractivity contribution in [1.29, 1.82) is 0 Å². The summed E-state index contributed by atoms with van der Waals surface area (Å²) in [4.78, 5) is 11.8. The molecule has 0 unspecified atom stereocenters. The smallest absolute Gasteiger partial charge is 0.305 e. The molecular weight excluding hydrogens is 402 g/mol. The summed E-state index contributed by atoms with van der Waals surface area (Å²) >= 11 is 3.44. The van der Waals surface area contributed by atoms with Crippen LogP contribution in [0.1, 0.15) is 52.0 Å². The molecule has 1 aliphatic carbocycles. The molecule has 1 fully saturated rings. The lowest BCUT2D eigenvalue weighted by molar-refractivity contribution is -0.141. The molecule has 0 radical (unpaired) electrons. The number of nitrogens with zero attached hydrogens (tertiary/aromatic N) is 1. The molecule has 2 rings (SSSR count). The van der Waals surface area contributed by atoms with Crippen molar-refractivity contribution >= 4 is 38.6 Å². The van der Waals surface area contributed by atoms with Gasteiger partial charge in [-0.3, -0.25) is 4.79 Å². The van der Waals surface area contributed by atoms with Crippen LogP contribution >= 0.6 is 15.9 Å². The highest BCUT2D eigenvalue weighted by Gasteiger charge is 2.34. The van der Waals surface area contributed by atoms with Crippen LogP contribution in [0.3, 0.4) is 0 Å². The summed E-state index contributed by atoms with van der Waals surface area (Å²) in [5, 5.41) is 0. The molecular formula is C19H26BrNO3S. The van der Waals surface area contributed by atoms with Gasteiger partial charge in [0, 0.05) is 10.9 Å². The van der Waals surface area contributed by atoms with Crippen molar-refractivity contribution in [1.82, 2.24) is 0 Å². The molecule has 25 heavy (non-hydrogen) atoms. The Morgan fingerprint density at radius 1 is 1.28 bits per heavy atom. The topological polar surface area (TPSA) is 55.7 Å². The summed E-state index contributed by atoms with van der Waals surface area (Å²) in [5.41, 5.74) is 1.76. The van der Waals surface area contributed by atoms with Crippen molar-refractivity contribution in [2.24, 2.45) is 16.2 Å². The van der Waals surface area contributed by atoms with Crippen molar-refractivity contribution in [2.75, 3.05) is 7.11 Å². The maximum Gasteiger partial charge on any atom is 0.305 e. The van der Waals surface area contributed by atoms with Gasteiger partial charge in [0.2, 0.25) is 0 Å². The molecule has 2 atom stereocenters. The number of esters is 1. The van der Waals surface area contributed by atoms with Crippen LogP contribution in [0.2, 0.25) is 0 Å². The standard InChI is InChI=1S/C19H26BrNO3S/c1-19(2,3)25(23)21-17(14-7-9-16(20)10-8-14)11-15(13-5-6-13)12-18(22)24-4/h7-10,13,15H,5-6,11-12H2,1-4H3/b21-17-/t15-,25-/m0/s1. The van der Waals surface area contributed by atoms with E-state index in [1.807, 2.05) is 45.0 Å². The minimum Gasteiger partial charge on any atom is -0.469 e. The molecule has 1 aromatic carbocycles. The first-order valence-corrected chi connectivity index (χ1v) is 10.4. The number of carbonyl (C=O) groups excluding carboxylic acids is 1. The first-order valence-electron chi connectivity index (χ1n) is 8.53. The molecule has 0 heterocycles. The monoisotopic (exact) mass is 427 g/mol. The van der Waals surface area contributed by atoms with Crippen LogP contribution in [0.5, 0.6) is 0 Å². The Morgan fingerprint density at radius 3 is 2.36 bits per heavy atom. The maximum atomic E-state index is 12.6. The van der Waals surface area contributed by atoms with E-state index >= 15 is 0 Å². The second kappa shape index (κ2) is 8.58. The lowest BCUT2D eigenvalue weighted by Crippen LogP contribution is -2.23. The largest absolute Gasteiger partial charge is 0.469 e. The van der Waals surface area contributed by atoms with Gasteiger partial charge in [-0.15, -0.1) is 0 Å². The normalized spacial score (nSPS) is 17.9.